The lowest BCUT2D eigenvalue weighted by molar-refractivity contribution is 0.0770. The second-order valence-electron chi connectivity index (χ2n) is 5.07. The molecule has 1 aliphatic carbocycles. The van der Waals surface area contributed by atoms with Gasteiger partial charge in [-0.1, -0.05) is 17.3 Å². The number of nitrogens with zero attached hydrogens (tertiary/aromatic N) is 2. The minimum Gasteiger partial charge on any atom is -0.375 e. The maximum Gasteiger partial charge on any atom is 0.254 e. The molecule has 1 aliphatic rings. The van der Waals surface area contributed by atoms with E-state index in [0.29, 0.717) is 23.2 Å². The highest BCUT2D eigenvalue weighted by molar-refractivity contribution is 7.22. The second kappa shape index (κ2) is 5.14. The number of nitrogens with two attached hydrogens (primary N) is 1. The standard InChI is InChI=1S/C15H15N3OS/c1-2-7-18(9-10-3-4-10)14(19)11-5-6-12-13(8-11)20-15(16)17-12/h1,5-6,8,10H,3-4,7,9H2,(H2,16,17). The van der Waals surface area contributed by atoms with Crippen molar-refractivity contribution in [2.24, 2.45) is 5.92 Å². The molecule has 102 valence electrons. The van der Waals surface area contributed by atoms with Crippen LogP contribution >= 0.6 is 11.3 Å². The number of hydrogen-bond acceptors (Lipinski definition) is 4. The Morgan fingerprint density at radius 1 is 1.55 bits per heavy atom. The highest BCUT2D eigenvalue weighted by Gasteiger charge is 2.27. The van der Waals surface area contributed by atoms with Gasteiger partial charge < -0.3 is 10.6 Å². The molecule has 0 radical (unpaired) electrons. The summed E-state index contributed by atoms with van der Waals surface area (Å²) in [6, 6.07) is 5.48. The molecule has 0 bridgehead atoms. The zero-order chi connectivity index (χ0) is 14.1. The number of carbonyl (C=O) groups is 1. The number of hydrogen-bond donors (Lipinski definition) is 1. The van der Waals surface area contributed by atoms with Gasteiger partial charge in [-0.15, -0.1) is 6.42 Å². The van der Waals surface area contributed by atoms with Crippen LogP contribution in [0.15, 0.2) is 18.2 Å². The first-order valence-corrected chi connectivity index (χ1v) is 7.38. The maximum absolute atomic E-state index is 12.5. The van der Waals surface area contributed by atoms with Crippen LogP contribution in [0.2, 0.25) is 0 Å². The normalized spacial score (nSPS) is 14.2. The summed E-state index contributed by atoms with van der Waals surface area (Å²) in [4.78, 5) is 18.5. The molecule has 0 saturated heterocycles. The number of carbonyl (C=O) groups excluding carboxylic acids is 1. The van der Waals surface area contributed by atoms with Gasteiger partial charge in [-0.25, -0.2) is 4.98 Å². The predicted molar refractivity (Wildman–Crippen MR) is 81.5 cm³/mol. The largest absolute Gasteiger partial charge is 0.375 e. The lowest BCUT2D eigenvalue weighted by atomic mass is 10.2. The van der Waals surface area contributed by atoms with Crippen molar-refractivity contribution in [3.05, 3.63) is 23.8 Å². The second-order valence-corrected chi connectivity index (χ2v) is 6.13. The number of benzene rings is 1. The molecule has 0 unspecified atom stereocenters. The van der Waals surface area contributed by atoms with Gasteiger partial charge in [0.25, 0.3) is 5.91 Å². The molecule has 1 aromatic heterocycles. The first-order chi connectivity index (χ1) is 9.67. The van der Waals surface area contributed by atoms with Gasteiger partial charge in [-0.3, -0.25) is 4.79 Å². The van der Waals surface area contributed by atoms with Crippen molar-refractivity contribution in [3.63, 3.8) is 0 Å². The van der Waals surface area contributed by atoms with E-state index in [1.807, 2.05) is 12.1 Å². The van der Waals surface area contributed by atoms with Crippen LogP contribution in [0.3, 0.4) is 0 Å². The smallest absolute Gasteiger partial charge is 0.254 e. The average Bonchev–Trinajstić information content (AvgIpc) is 3.16. The van der Waals surface area contributed by atoms with Crippen LogP contribution in [-0.2, 0) is 0 Å². The zero-order valence-corrected chi connectivity index (χ0v) is 11.8. The molecule has 0 spiro atoms. The van der Waals surface area contributed by atoms with Gasteiger partial charge in [0.2, 0.25) is 0 Å². The van der Waals surface area contributed by atoms with Crippen LogP contribution < -0.4 is 5.73 Å². The van der Waals surface area contributed by atoms with Gasteiger partial charge in [0.1, 0.15) is 0 Å². The van der Waals surface area contributed by atoms with Crippen LogP contribution in [0, 0.1) is 18.3 Å². The van der Waals surface area contributed by atoms with E-state index in [9.17, 15) is 4.79 Å². The number of thiazole rings is 1. The SMILES string of the molecule is C#CCN(CC1CC1)C(=O)c1ccc2nc(N)sc2c1. The molecule has 1 fully saturated rings. The van der Waals surface area contributed by atoms with Crippen molar-refractivity contribution in [2.45, 2.75) is 12.8 Å². The Hall–Kier alpha value is -2.06. The highest BCUT2D eigenvalue weighted by atomic mass is 32.1. The summed E-state index contributed by atoms with van der Waals surface area (Å²) >= 11 is 1.39. The maximum atomic E-state index is 12.5. The fourth-order valence-electron chi connectivity index (χ4n) is 2.20. The van der Waals surface area contributed by atoms with E-state index >= 15 is 0 Å². The summed E-state index contributed by atoms with van der Waals surface area (Å²) in [6.07, 6.45) is 7.75. The summed E-state index contributed by atoms with van der Waals surface area (Å²) in [6.45, 7) is 1.12. The molecule has 0 atom stereocenters. The van der Waals surface area contributed by atoms with Crippen molar-refractivity contribution in [1.82, 2.24) is 9.88 Å². The van der Waals surface area contributed by atoms with E-state index in [-0.39, 0.29) is 5.91 Å². The van der Waals surface area contributed by atoms with Crippen molar-refractivity contribution in [3.8, 4) is 12.3 Å². The number of fused-ring (bicyclic) bond motifs is 1. The summed E-state index contributed by atoms with van der Waals surface area (Å²) in [5, 5.41) is 0.517. The monoisotopic (exact) mass is 285 g/mol. The van der Waals surface area contributed by atoms with Crippen LogP contribution in [-0.4, -0.2) is 28.9 Å². The van der Waals surface area contributed by atoms with E-state index in [1.165, 1.54) is 24.2 Å². The molecule has 1 aromatic carbocycles. The third kappa shape index (κ3) is 2.61. The minimum atomic E-state index is -0.0104. The topological polar surface area (TPSA) is 59.2 Å². The Morgan fingerprint density at radius 3 is 3.05 bits per heavy atom. The third-order valence-electron chi connectivity index (χ3n) is 3.40. The van der Waals surface area contributed by atoms with Crippen molar-refractivity contribution in [2.75, 3.05) is 18.8 Å². The highest BCUT2D eigenvalue weighted by Crippen LogP contribution is 2.30. The molecule has 1 amide bonds. The molecule has 5 heteroatoms. The van der Waals surface area contributed by atoms with Crippen molar-refractivity contribution < 1.29 is 4.79 Å². The van der Waals surface area contributed by atoms with Crippen LogP contribution in [0.1, 0.15) is 23.2 Å². The van der Waals surface area contributed by atoms with Crippen LogP contribution in [0.25, 0.3) is 10.2 Å². The molecule has 1 saturated carbocycles. The summed E-state index contributed by atoms with van der Waals surface area (Å²) < 4.78 is 0.931. The van der Waals surface area contributed by atoms with E-state index in [0.717, 1.165) is 16.8 Å². The van der Waals surface area contributed by atoms with Crippen molar-refractivity contribution >= 4 is 32.6 Å². The molecule has 3 rings (SSSR count). The molecular formula is C15H15N3OS. The van der Waals surface area contributed by atoms with E-state index in [2.05, 4.69) is 10.9 Å². The van der Waals surface area contributed by atoms with Crippen LogP contribution in [0.5, 0.6) is 0 Å². The Morgan fingerprint density at radius 2 is 2.35 bits per heavy atom. The van der Waals surface area contributed by atoms with E-state index in [1.54, 1.807) is 11.0 Å². The fourth-order valence-corrected chi connectivity index (χ4v) is 2.97. The van der Waals surface area contributed by atoms with Crippen molar-refractivity contribution in [1.29, 1.82) is 0 Å². The summed E-state index contributed by atoms with van der Waals surface area (Å²) in [7, 11) is 0. The van der Waals surface area contributed by atoms with Gasteiger partial charge in [0, 0.05) is 12.1 Å². The molecule has 2 N–H and O–H groups in total. The Balaban J connectivity index is 1.87. The Labute approximate surface area is 121 Å². The average molecular weight is 285 g/mol. The lowest BCUT2D eigenvalue weighted by Crippen LogP contribution is -2.33. The molecule has 1 heterocycles. The first-order valence-electron chi connectivity index (χ1n) is 6.56. The number of terminal acetylenes is 1. The minimum absolute atomic E-state index is 0.0104. The zero-order valence-electron chi connectivity index (χ0n) is 11.0. The molecule has 4 nitrogen and oxygen atoms in total. The van der Waals surface area contributed by atoms with Gasteiger partial charge in [0.15, 0.2) is 5.13 Å². The quantitative estimate of drug-likeness (QED) is 0.877. The van der Waals surface area contributed by atoms with Gasteiger partial charge in [-0.05, 0) is 37.0 Å². The Bertz CT molecular complexity index is 697. The van der Waals surface area contributed by atoms with E-state index in [4.69, 9.17) is 12.2 Å². The number of nitrogen functional groups attached to an aromatic ring is 1. The number of rotatable bonds is 4. The summed E-state index contributed by atoms with van der Waals surface area (Å²) in [5.41, 5.74) is 7.16. The van der Waals surface area contributed by atoms with Gasteiger partial charge >= 0.3 is 0 Å². The Kier molecular flexibility index (Phi) is 3.33. The molecule has 20 heavy (non-hydrogen) atoms. The fraction of sp³-hybridized carbons (Fsp3) is 0.333. The van der Waals surface area contributed by atoms with Crippen LogP contribution in [0.4, 0.5) is 5.13 Å². The lowest BCUT2D eigenvalue weighted by Gasteiger charge is -2.20. The summed E-state index contributed by atoms with van der Waals surface area (Å²) in [5.74, 6) is 3.18. The predicted octanol–water partition coefficient (Wildman–Crippen LogP) is 2.36. The van der Waals surface area contributed by atoms with Gasteiger partial charge in [0.05, 0.1) is 16.8 Å². The molecule has 0 aliphatic heterocycles. The number of anilines is 1. The number of amides is 1. The first kappa shape index (κ1) is 12.9. The molecule has 2 aromatic rings. The number of aromatic nitrogens is 1. The van der Waals surface area contributed by atoms with E-state index < -0.39 is 0 Å². The van der Waals surface area contributed by atoms with Gasteiger partial charge in [-0.2, -0.15) is 0 Å². The third-order valence-corrected chi connectivity index (χ3v) is 4.24. The molecular weight excluding hydrogens is 270 g/mol.